The molecule has 174 valence electrons. The number of carbonyl (C=O) groups excluding carboxylic acids is 1. The normalized spacial score (nSPS) is 15.2. The molecule has 1 aliphatic rings. The average molecular weight is 443 g/mol. The highest BCUT2D eigenvalue weighted by Crippen LogP contribution is 2.22. The number of piperidine rings is 1. The molecule has 0 amide bonds. The summed E-state index contributed by atoms with van der Waals surface area (Å²) in [5.41, 5.74) is 0.684. The van der Waals surface area contributed by atoms with Crippen LogP contribution in [0.2, 0.25) is 0 Å². The number of aromatic nitrogens is 3. The van der Waals surface area contributed by atoms with Gasteiger partial charge in [0.05, 0.1) is 0 Å². The lowest BCUT2D eigenvalue weighted by atomic mass is 9.97. The molecule has 1 fully saturated rings. The maximum atomic E-state index is 11.8. The Bertz CT molecular complexity index is 850. The molecular formula is C23H34N6O3. The predicted octanol–water partition coefficient (Wildman–Crippen LogP) is 3.54. The molecule has 9 nitrogen and oxygen atoms in total. The smallest absolute Gasteiger partial charge is 0.427 e. The van der Waals surface area contributed by atoms with Crippen molar-refractivity contribution in [2.75, 3.05) is 43.4 Å². The molecule has 9 heteroatoms. The van der Waals surface area contributed by atoms with E-state index in [0.717, 1.165) is 44.0 Å². The predicted molar refractivity (Wildman–Crippen MR) is 123 cm³/mol. The van der Waals surface area contributed by atoms with Crippen LogP contribution in [0.1, 0.15) is 39.2 Å². The van der Waals surface area contributed by atoms with Gasteiger partial charge in [0.15, 0.2) is 0 Å². The molecule has 0 bridgehead atoms. The molecule has 1 N–H and O–H groups in total. The second-order valence-electron chi connectivity index (χ2n) is 9.10. The minimum atomic E-state index is -0.641. The number of hydrogen-bond donors (Lipinski definition) is 1. The average Bonchev–Trinajstić information content (AvgIpc) is 2.75. The molecule has 1 aliphatic heterocycles. The molecule has 2 aromatic rings. The molecule has 0 aliphatic carbocycles. The second-order valence-corrected chi connectivity index (χ2v) is 9.10. The molecule has 3 heterocycles. The van der Waals surface area contributed by atoms with E-state index in [0.29, 0.717) is 19.0 Å². The molecular weight excluding hydrogens is 408 g/mol. The summed E-state index contributed by atoms with van der Waals surface area (Å²) in [7, 11) is 2.05. The number of rotatable bonds is 8. The maximum Gasteiger partial charge on any atom is 0.528 e. The largest absolute Gasteiger partial charge is 0.528 e. The summed E-state index contributed by atoms with van der Waals surface area (Å²) in [5.74, 6) is 2.20. The number of nitrogens with one attached hydrogen (secondary N) is 1. The first-order valence-electron chi connectivity index (χ1n) is 11.1. The van der Waals surface area contributed by atoms with Crippen molar-refractivity contribution in [3.05, 3.63) is 42.5 Å². The van der Waals surface area contributed by atoms with Crippen LogP contribution in [0.25, 0.3) is 0 Å². The van der Waals surface area contributed by atoms with Gasteiger partial charge in [-0.15, -0.1) is 5.06 Å². The van der Waals surface area contributed by atoms with Gasteiger partial charge in [0.1, 0.15) is 23.6 Å². The van der Waals surface area contributed by atoms with Gasteiger partial charge >= 0.3 is 6.16 Å². The number of hydrogen-bond acceptors (Lipinski definition) is 9. The second kappa shape index (κ2) is 11.1. The van der Waals surface area contributed by atoms with Crippen LogP contribution < -0.4 is 10.2 Å². The van der Waals surface area contributed by atoms with Crippen LogP contribution in [0.15, 0.2) is 36.9 Å². The summed E-state index contributed by atoms with van der Waals surface area (Å²) in [6.07, 6.45) is 7.35. The number of hydroxylamine groups is 2. The van der Waals surface area contributed by atoms with E-state index in [4.69, 9.17) is 9.57 Å². The molecule has 3 rings (SSSR count). The van der Waals surface area contributed by atoms with E-state index in [1.165, 1.54) is 5.56 Å². The first kappa shape index (κ1) is 23.7. The number of ether oxygens (including phenoxy) is 1. The van der Waals surface area contributed by atoms with Crippen LogP contribution in [-0.4, -0.2) is 65.0 Å². The van der Waals surface area contributed by atoms with Crippen molar-refractivity contribution in [3.8, 4) is 0 Å². The van der Waals surface area contributed by atoms with E-state index in [1.807, 2.05) is 46.0 Å². The van der Waals surface area contributed by atoms with Gasteiger partial charge in [0.2, 0.25) is 0 Å². The number of pyridine rings is 1. The molecule has 0 saturated carbocycles. The van der Waals surface area contributed by atoms with Gasteiger partial charge in [-0.2, -0.15) is 0 Å². The number of anilines is 2. The summed E-state index contributed by atoms with van der Waals surface area (Å²) in [5, 5.41) is 5.06. The van der Waals surface area contributed by atoms with Gasteiger partial charge in [-0.25, -0.2) is 14.8 Å². The van der Waals surface area contributed by atoms with Crippen LogP contribution in [0.4, 0.5) is 16.4 Å². The zero-order chi connectivity index (χ0) is 23.0. The van der Waals surface area contributed by atoms with Crippen molar-refractivity contribution in [2.24, 2.45) is 5.92 Å². The maximum absolute atomic E-state index is 11.8. The summed E-state index contributed by atoms with van der Waals surface area (Å²) in [6, 6.07) is 6.02. The standard InChI is InChI=1S/C23H34N6O3/c1-23(2,3)31-22(30)32-29-13-8-19(9-14-29)16-28(4)21-15-20(26-17-27-21)25-12-7-18-5-10-24-11-6-18/h5-6,10-11,15,17,19H,7-9,12-14,16H2,1-4H3,(H,25,26,27). The zero-order valence-corrected chi connectivity index (χ0v) is 19.5. The van der Waals surface area contributed by atoms with Gasteiger partial charge in [0, 0.05) is 51.7 Å². The molecule has 0 spiro atoms. The van der Waals surface area contributed by atoms with Crippen LogP contribution in [-0.2, 0) is 16.0 Å². The fraction of sp³-hybridized carbons (Fsp3) is 0.565. The molecule has 0 unspecified atom stereocenters. The van der Waals surface area contributed by atoms with Crippen molar-refractivity contribution in [3.63, 3.8) is 0 Å². The lowest BCUT2D eigenvalue weighted by Crippen LogP contribution is -2.40. The van der Waals surface area contributed by atoms with Gasteiger partial charge in [-0.1, -0.05) is 0 Å². The van der Waals surface area contributed by atoms with Gasteiger partial charge in [0.25, 0.3) is 0 Å². The van der Waals surface area contributed by atoms with Crippen molar-refractivity contribution in [2.45, 2.75) is 45.6 Å². The highest BCUT2D eigenvalue weighted by atomic mass is 16.8. The highest BCUT2D eigenvalue weighted by molar-refractivity contribution is 5.60. The molecule has 0 aromatic carbocycles. The molecule has 1 saturated heterocycles. The molecule has 2 aromatic heterocycles. The number of nitrogens with zero attached hydrogens (tertiary/aromatic N) is 5. The van der Waals surface area contributed by atoms with Crippen molar-refractivity contribution < 1.29 is 14.4 Å². The lowest BCUT2D eigenvalue weighted by molar-refractivity contribution is -0.154. The van der Waals surface area contributed by atoms with E-state index < -0.39 is 11.8 Å². The third-order valence-corrected chi connectivity index (χ3v) is 5.21. The van der Waals surface area contributed by atoms with Crippen molar-refractivity contribution >= 4 is 17.8 Å². The third kappa shape index (κ3) is 7.96. The first-order chi connectivity index (χ1) is 15.3. The van der Waals surface area contributed by atoms with Gasteiger partial charge in [-0.3, -0.25) is 4.98 Å². The third-order valence-electron chi connectivity index (χ3n) is 5.21. The Balaban J connectivity index is 1.41. The zero-order valence-electron chi connectivity index (χ0n) is 19.5. The summed E-state index contributed by atoms with van der Waals surface area (Å²) >= 11 is 0. The van der Waals surface area contributed by atoms with Crippen LogP contribution in [0.3, 0.4) is 0 Å². The first-order valence-corrected chi connectivity index (χ1v) is 11.1. The SMILES string of the molecule is CN(CC1CCN(OC(=O)OC(C)(C)C)CC1)c1cc(NCCc2ccncc2)ncn1. The number of carbonyl (C=O) groups is 1. The van der Waals surface area contributed by atoms with Gasteiger partial charge < -0.3 is 19.8 Å². The fourth-order valence-corrected chi connectivity index (χ4v) is 3.57. The van der Waals surface area contributed by atoms with E-state index >= 15 is 0 Å². The Morgan fingerprint density at radius 1 is 1.22 bits per heavy atom. The van der Waals surface area contributed by atoms with E-state index in [1.54, 1.807) is 23.8 Å². The fourth-order valence-electron chi connectivity index (χ4n) is 3.57. The quantitative estimate of drug-likeness (QED) is 0.616. The lowest BCUT2D eigenvalue weighted by Gasteiger charge is -2.33. The van der Waals surface area contributed by atoms with E-state index in [9.17, 15) is 4.79 Å². The molecule has 0 atom stereocenters. The van der Waals surface area contributed by atoms with Crippen molar-refractivity contribution in [1.82, 2.24) is 20.0 Å². The van der Waals surface area contributed by atoms with Gasteiger partial charge in [-0.05, 0) is 63.6 Å². The summed E-state index contributed by atoms with van der Waals surface area (Å²) in [6.45, 7) is 8.54. The van der Waals surface area contributed by atoms with E-state index in [-0.39, 0.29) is 0 Å². The van der Waals surface area contributed by atoms with Crippen LogP contribution >= 0.6 is 0 Å². The Hall–Kier alpha value is -2.94. The minimum absolute atomic E-state index is 0.497. The highest BCUT2D eigenvalue weighted by Gasteiger charge is 2.25. The molecule has 32 heavy (non-hydrogen) atoms. The Morgan fingerprint density at radius 2 is 1.94 bits per heavy atom. The minimum Gasteiger partial charge on any atom is -0.427 e. The summed E-state index contributed by atoms with van der Waals surface area (Å²) < 4.78 is 5.22. The monoisotopic (exact) mass is 442 g/mol. The Morgan fingerprint density at radius 3 is 2.62 bits per heavy atom. The van der Waals surface area contributed by atoms with Crippen LogP contribution in [0, 0.1) is 5.92 Å². The Labute approximate surface area is 190 Å². The molecule has 0 radical (unpaired) electrons. The van der Waals surface area contributed by atoms with E-state index in [2.05, 4.69) is 25.2 Å². The summed E-state index contributed by atoms with van der Waals surface area (Å²) in [4.78, 5) is 32.1. The van der Waals surface area contributed by atoms with Crippen molar-refractivity contribution in [1.29, 1.82) is 0 Å². The Kier molecular flexibility index (Phi) is 8.21. The van der Waals surface area contributed by atoms with Crippen LogP contribution in [0.5, 0.6) is 0 Å². The topological polar surface area (TPSA) is 92.7 Å².